The third-order valence-corrected chi connectivity index (χ3v) is 3.30. The molecule has 1 atom stereocenters. The summed E-state index contributed by atoms with van der Waals surface area (Å²) in [7, 11) is 0. The van der Waals surface area contributed by atoms with E-state index in [0.717, 1.165) is 11.5 Å². The summed E-state index contributed by atoms with van der Waals surface area (Å²) in [6.07, 6.45) is 8.65. The highest BCUT2D eigenvalue weighted by Gasteiger charge is 2.39. The zero-order valence-electron chi connectivity index (χ0n) is 11.5. The Labute approximate surface area is 97.0 Å². The third kappa shape index (κ3) is 5.01. The second-order valence-corrected chi connectivity index (χ2v) is 4.87. The monoisotopic (exact) mass is 213 g/mol. The first-order chi connectivity index (χ1) is 7.22. The highest BCUT2D eigenvalue weighted by atomic mass is 14.9. The molecule has 15 heavy (non-hydrogen) atoms. The maximum absolute atomic E-state index is 3.51. The Morgan fingerprint density at radius 3 is 1.93 bits per heavy atom. The van der Waals surface area contributed by atoms with Gasteiger partial charge in [0.1, 0.15) is 0 Å². The fraction of sp³-hybridized carbons (Fsp3) is 1.00. The maximum atomic E-state index is 3.51. The molecule has 0 amide bonds. The number of hydrogen-bond acceptors (Lipinski definition) is 1. The molecular weight excluding hydrogens is 182 g/mol. The molecule has 1 unspecified atom stereocenters. The summed E-state index contributed by atoms with van der Waals surface area (Å²) in [5.74, 6) is 0. The van der Waals surface area contributed by atoms with Crippen LogP contribution in [0.15, 0.2) is 0 Å². The highest BCUT2D eigenvalue weighted by molar-refractivity contribution is 4.93. The van der Waals surface area contributed by atoms with Crippen LogP contribution in [-0.4, -0.2) is 12.6 Å². The quantitative estimate of drug-likeness (QED) is 0.630. The Morgan fingerprint density at radius 1 is 1.13 bits per heavy atom. The summed E-state index contributed by atoms with van der Waals surface area (Å²) in [5, 5.41) is 3.51. The Hall–Kier alpha value is -0.0400. The Balaban J connectivity index is 0.000000342. The van der Waals surface area contributed by atoms with Crippen molar-refractivity contribution >= 4 is 0 Å². The molecule has 0 radical (unpaired) electrons. The van der Waals surface area contributed by atoms with E-state index in [4.69, 9.17) is 0 Å². The van der Waals surface area contributed by atoms with Crippen LogP contribution in [-0.2, 0) is 0 Å². The van der Waals surface area contributed by atoms with Gasteiger partial charge < -0.3 is 5.32 Å². The second kappa shape index (κ2) is 8.15. The minimum atomic E-state index is 0.786. The van der Waals surface area contributed by atoms with Crippen molar-refractivity contribution in [3.8, 4) is 0 Å². The van der Waals surface area contributed by atoms with Crippen molar-refractivity contribution in [3.63, 3.8) is 0 Å². The van der Waals surface area contributed by atoms with Crippen LogP contribution in [0, 0.1) is 5.41 Å². The van der Waals surface area contributed by atoms with Crippen molar-refractivity contribution in [2.45, 2.75) is 79.2 Å². The van der Waals surface area contributed by atoms with Crippen molar-refractivity contribution in [2.75, 3.05) is 6.54 Å². The topological polar surface area (TPSA) is 12.0 Å². The SMILES string of the molecule is CC.CC1CC2(CCC2)CCN1.CCC. The Bertz CT molecular complexity index is 138. The van der Waals surface area contributed by atoms with Gasteiger partial charge in [0.2, 0.25) is 0 Å². The van der Waals surface area contributed by atoms with Gasteiger partial charge in [-0.15, -0.1) is 0 Å². The van der Waals surface area contributed by atoms with Crippen molar-refractivity contribution in [1.82, 2.24) is 5.32 Å². The molecule has 0 aromatic heterocycles. The molecule has 1 heteroatoms. The van der Waals surface area contributed by atoms with Gasteiger partial charge in [0.05, 0.1) is 0 Å². The molecule has 0 aromatic rings. The van der Waals surface area contributed by atoms with Crippen molar-refractivity contribution in [2.24, 2.45) is 5.41 Å². The smallest absolute Gasteiger partial charge is 0.00440 e. The lowest BCUT2D eigenvalue weighted by atomic mass is 9.62. The van der Waals surface area contributed by atoms with Gasteiger partial charge in [0.25, 0.3) is 0 Å². The van der Waals surface area contributed by atoms with Crippen LogP contribution < -0.4 is 5.32 Å². The van der Waals surface area contributed by atoms with E-state index in [1.165, 1.54) is 45.1 Å². The molecule has 2 fully saturated rings. The first-order valence-electron chi connectivity index (χ1n) is 6.96. The van der Waals surface area contributed by atoms with Crippen molar-refractivity contribution in [3.05, 3.63) is 0 Å². The molecule has 2 rings (SSSR count). The minimum absolute atomic E-state index is 0.786. The van der Waals surface area contributed by atoms with E-state index in [-0.39, 0.29) is 0 Å². The normalized spacial score (nSPS) is 26.6. The fourth-order valence-corrected chi connectivity index (χ4v) is 2.54. The first-order valence-corrected chi connectivity index (χ1v) is 6.96. The minimum Gasteiger partial charge on any atom is -0.314 e. The molecule has 1 nitrogen and oxygen atoms in total. The average molecular weight is 213 g/mol. The lowest BCUT2D eigenvalue weighted by Crippen LogP contribution is -2.45. The standard InChI is InChI=1S/C9H17N.C3H8.C2H6/c1-8-7-9(3-2-4-9)5-6-10-8;1-3-2;1-2/h8,10H,2-7H2,1H3;3H2,1-2H3;1-2H3. The molecule has 1 aliphatic carbocycles. The molecule has 1 spiro atoms. The van der Waals surface area contributed by atoms with Crippen LogP contribution >= 0.6 is 0 Å². The van der Waals surface area contributed by atoms with Crippen LogP contribution in [0.3, 0.4) is 0 Å². The predicted octanol–water partition coefficient (Wildman–Crippen LogP) is 4.37. The van der Waals surface area contributed by atoms with Gasteiger partial charge in [0.15, 0.2) is 0 Å². The van der Waals surface area contributed by atoms with E-state index in [0.29, 0.717) is 0 Å². The third-order valence-electron chi connectivity index (χ3n) is 3.30. The van der Waals surface area contributed by atoms with Crippen LogP contribution in [0.2, 0.25) is 0 Å². The Morgan fingerprint density at radius 2 is 1.67 bits per heavy atom. The van der Waals surface area contributed by atoms with Crippen LogP contribution in [0.4, 0.5) is 0 Å². The molecule has 1 saturated carbocycles. The highest BCUT2D eigenvalue weighted by Crippen LogP contribution is 2.48. The molecule has 0 bridgehead atoms. The van der Waals surface area contributed by atoms with Gasteiger partial charge >= 0.3 is 0 Å². The summed E-state index contributed by atoms with van der Waals surface area (Å²) in [6.45, 7) is 11.8. The van der Waals surface area contributed by atoms with Gasteiger partial charge in [-0.1, -0.05) is 40.5 Å². The predicted molar refractivity (Wildman–Crippen MR) is 70.3 cm³/mol. The maximum Gasteiger partial charge on any atom is 0.00440 e. The van der Waals surface area contributed by atoms with Gasteiger partial charge in [-0.25, -0.2) is 0 Å². The summed E-state index contributed by atoms with van der Waals surface area (Å²) in [4.78, 5) is 0. The molecule has 0 aromatic carbocycles. The Kier molecular flexibility index (Phi) is 8.13. The van der Waals surface area contributed by atoms with E-state index in [1.807, 2.05) is 13.8 Å². The van der Waals surface area contributed by atoms with Gasteiger partial charge in [-0.3, -0.25) is 0 Å². The molecule has 92 valence electrons. The molecule has 1 saturated heterocycles. The van der Waals surface area contributed by atoms with Crippen LogP contribution in [0.25, 0.3) is 0 Å². The fourth-order valence-electron chi connectivity index (χ4n) is 2.54. The van der Waals surface area contributed by atoms with E-state index in [1.54, 1.807) is 0 Å². The van der Waals surface area contributed by atoms with Gasteiger partial charge in [-0.2, -0.15) is 0 Å². The van der Waals surface area contributed by atoms with E-state index >= 15 is 0 Å². The van der Waals surface area contributed by atoms with Gasteiger partial charge in [-0.05, 0) is 44.6 Å². The summed E-state index contributed by atoms with van der Waals surface area (Å²) >= 11 is 0. The second-order valence-electron chi connectivity index (χ2n) is 4.87. The molecule has 1 aliphatic heterocycles. The zero-order chi connectivity index (χ0) is 11.7. The van der Waals surface area contributed by atoms with E-state index < -0.39 is 0 Å². The molecule has 2 aliphatic rings. The first kappa shape index (κ1) is 15.0. The van der Waals surface area contributed by atoms with Crippen molar-refractivity contribution < 1.29 is 0 Å². The average Bonchev–Trinajstić information content (AvgIpc) is 2.20. The van der Waals surface area contributed by atoms with E-state index in [9.17, 15) is 0 Å². The number of hydrogen-bond donors (Lipinski definition) is 1. The summed E-state index contributed by atoms with van der Waals surface area (Å²) in [5.41, 5.74) is 0.810. The van der Waals surface area contributed by atoms with E-state index in [2.05, 4.69) is 26.1 Å². The van der Waals surface area contributed by atoms with Crippen LogP contribution in [0.1, 0.15) is 73.1 Å². The van der Waals surface area contributed by atoms with Gasteiger partial charge in [0, 0.05) is 6.04 Å². The largest absolute Gasteiger partial charge is 0.314 e. The van der Waals surface area contributed by atoms with Crippen molar-refractivity contribution in [1.29, 1.82) is 0 Å². The molecule has 1 N–H and O–H groups in total. The zero-order valence-corrected chi connectivity index (χ0v) is 11.5. The number of piperidine rings is 1. The summed E-state index contributed by atoms with van der Waals surface area (Å²) in [6, 6.07) is 0.786. The number of nitrogens with one attached hydrogen (secondary N) is 1. The number of rotatable bonds is 0. The summed E-state index contributed by atoms with van der Waals surface area (Å²) < 4.78 is 0. The molecular formula is C14H31N. The molecule has 1 heterocycles. The van der Waals surface area contributed by atoms with Crippen LogP contribution in [0.5, 0.6) is 0 Å². The lowest BCUT2D eigenvalue weighted by Gasteiger charge is -2.47. The lowest BCUT2D eigenvalue weighted by molar-refractivity contribution is 0.0674.